The van der Waals surface area contributed by atoms with Gasteiger partial charge < -0.3 is 5.32 Å². The summed E-state index contributed by atoms with van der Waals surface area (Å²) in [5.41, 5.74) is 2.35. The predicted molar refractivity (Wildman–Crippen MR) is 77.8 cm³/mol. The fourth-order valence-corrected chi connectivity index (χ4v) is 3.32. The molecule has 0 amide bonds. The highest BCUT2D eigenvalue weighted by Gasteiger charge is 2.29. The normalized spacial score (nSPS) is 25.3. The van der Waals surface area contributed by atoms with E-state index in [-0.39, 0.29) is 5.82 Å². The number of likely N-dealkylation sites (tertiary alicyclic amines) is 1. The van der Waals surface area contributed by atoms with E-state index >= 15 is 0 Å². The predicted octanol–water partition coefficient (Wildman–Crippen LogP) is 3.13. The first-order valence-electron chi connectivity index (χ1n) is 7.24. The summed E-state index contributed by atoms with van der Waals surface area (Å²) >= 11 is 0. The van der Waals surface area contributed by atoms with Crippen molar-refractivity contribution in [2.75, 3.05) is 27.2 Å². The molecule has 2 nitrogen and oxygen atoms in total. The minimum atomic E-state index is -0.124. The van der Waals surface area contributed by atoms with Gasteiger partial charge in [-0.15, -0.1) is 0 Å². The largest absolute Gasteiger partial charge is 0.319 e. The Labute approximate surface area is 116 Å². The smallest absolute Gasteiger partial charge is 0.123 e. The molecule has 106 valence electrons. The zero-order valence-electron chi connectivity index (χ0n) is 12.2. The molecule has 0 radical (unpaired) electrons. The molecular weight excluding hydrogens is 239 g/mol. The molecule has 2 unspecified atom stereocenters. The zero-order valence-corrected chi connectivity index (χ0v) is 12.2. The second-order valence-electron chi connectivity index (χ2n) is 5.74. The molecule has 1 fully saturated rings. The summed E-state index contributed by atoms with van der Waals surface area (Å²) < 4.78 is 13.6. The number of nitrogens with one attached hydrogen (secondary N) is 1. The maximum Gasteiger partial charge on any atom is 0.123 e. The Balaban J connectivity index is 2.36. The van der Waals surface area contributed by atoms with Crippen LogP contribution in [-0.4, -0.2) is 32.1 Å². The lowest BCUT2D eigenvalue weighted by Gasteiger charge is -2.33. The lowest BCUT2D eigenvalue weighted by atomic mass is 9.87. The summed E-state index contributed by atoms with van der Waals surface area (Å²) in [4.78, 5) is 2.40. The Morgan fingerprint density at radius 1 is 1.37 bits per heavy atom. The van der Waals surface area contributed by atoms with Crippen LogP contribution < -0.4 is 5.32 Å². The van der Waals surface area contributed by atoms with Crippen LogP contribution in [0.15, 0.2) is 18.2 Å². The Morgan fingerprint density at radius 2 is 2.16 bits per heavy atom. The first-order chi connectivity index (χ1) is 9.13. The van der Waals surface area contributed by atoms with Crippen molar-refractivity contribution in [3.05, 3.63) is 35.1 Å². The molecule has 0 spiro atoms. The van der Waals surface area contributed by atoms with Crippen molar-refractivity contribution in [1.29, 1.82) is 0 Å². The van der Waals surface area contributed by atoms with Gasteiger partial charge in [-0.05, 0) is 76.1 Å². The number of aryl methyl sites for hydroxylation is 1. The molecule has 1 aromatic rings. The van der Waals surface area contributed by atoms with Gasteiger partial charge in [-0.2, -0.15) is 0 Å². The number of hydrogen-bond acceptors (Lipinski definition) is 2. The van der Waals surface area contributed by atoms with Gasteiger partial charge in [0.2, 0.25) is 0 Å². The van der Waals surface area contributed by atoms with E-state index < -0.39 is 0 Å². The van der Waals surface area contributed by atoms with Crippen molar-refractivity contribution in [1.82, 2.24) is 10.2 Å². The van der Waals surface area contributed by atoms with Crippen LogP contribution in [-0.2, 0) is 0 Å². The number of hydrogen-bond donors (Lipinski definition) is 1. The van der Waals surface area contributed by atoms with E-state index in [0.717, 1.165) is 18.7 Å². The van der Waals surface area contributed by atoms with Crippen LogP contribution in [0.4, 0.5) is 4.39 Å². The number of rotatable bonds is 3. The van der Waals surface area contributed by atoms with E-state index in [1.807, 2.05) is 13.1 Å². The van der Waals surface area contributed by atoms with Crippen LogP contribution in [0.5, 0.6) is 0 Å². The summed E-state index contributed by atoms with van der Waals surface area (Å²) in [6.45, 7) is 4.18. The monoisotopic (exact) mass is 264 g/mol. The van der Waals surface area contributed by atoms with Gasteiger partial charge in [0.15, 0.2) is 0 Å². The lowest BCUT2D eigenvalue weighted by molar-refractivity contribution is 0.190. The van der Waals surface area contributed by atoms with Crippen LogP contribution in [0.3, 0.4) is 0 Å². The Morgan fingerprint density at radius 3 is 2.89 bits per heavy atom. The molecule has 2 atom stereocenters. The zero-order chi connectivity index (χ0) is 13.8. The molecule has 0 aromatic heterocycles. The molecule has 3 heteroatoms. The van der Waals surface area contributed by atoms with Crippen molar-refractivity contribution in [3.8, 4) is 0 Å². The van der Waals surface area contributed by atoms with E-state index in [4.69, 9.17) is 0 Å². The third kappa shape index (κ3) is 3.34. The molecule has 1 aliphatic rings. The van der Waals surface area contributed by atoms with E-state index in [0.29, 0.717) is 12.0 Å². The van der Waals surface area contributed by atoms with Gasteiger partial charge in [-0.1, -0.05) is 12.5 Å². The topological polar surface area (TPSA) is 15.3 Å². The summed E-state index contributed by atoms with van der Waals surface area (Å²) in [6.07, 6.45) is 3.72. The van der Waals surface area contributed by atoms with Crippen molar-refractivity contribution in [2.45, 2.75) is 32.2 Å². The molecular formula is C16H25FN2. The van der Waals surface area contributed by atoms with Crippen LogP contribution in [0.25, 0.3) is 0 Å². The Hall–Kier alpha value is -0.930. The van der Waals surface area contributed by atoms with Crippen LogP contribution >= 0.6 is 0 Å². The second-order valence-corrected chi connectivity index (χ2v) is 5.74. The Bertz CT molecular complexity index is 419. The minimum Gasteiger partial charge on any atom is -0.319 e. The van der Waals surface area contributed by atoms with Crippen molar-refractivity contribution in [2.24, 2.45) is 5.92 Å². The average molecular weight is 264 g/mol. The van der Waals surface area contributed by atoms with E-state index in [2.05, 4.69) is 24.2 Å². The van der Waals surface area contributed by atoms with Crippen LogP contribution in [0, 0.1) is 18.7 Å². The molecule has 1 saturated heterocycles. The highest BCUT2D eigenvalue weighted by atomic mass is 19.1. The van der Waals surface area contributed by atoms with Crippen molar-refractivity contribution < 1.29 is 4.39 Å². The summed E-state index contributed by atoms with van der Waals surface area (Å²) in [5, 5.41) is 3.30. The van der Waals surface area contributed by atoms with Crippen LogP contribution in [0.1, 0.15) is 36.4 Å². The SMILES string of the molecule is CNCC1CCCCN(C)C1c1cc(F)ccc1C. The van der Waals surface area contributed by atoms with Crippen molar-refractivity contribution in [3.63, 3.8) is 0 Å². The molecule has 19 heavy (non-hydrogen) atoms. The summed E-state index contributed by atoms with van der Waals surface area (Å²) in [6, 6.07) is 5.51. The maximum atomic E-state index is 13.6. The quantitative estimate of drug-likeness (QED) is 0.902. The summed E-state index contributed by atoms with van der Waals surface area (Å²) in [7, 11) is 4.17. The molecule has 1 aliphatic heterocycles. The van der Waals surface area contributed by atoms with E-state index in [1.54, 1.807) is 12.1 Å². The van der Waals surface area contributed by atoms with Crippen LogP contribution in [0.2, 0.25) is 0 Å². The van der Waals surface area contributed by atoms with Gasteiger partial charge in [-0.3, -0.25) is 4.90 Å². The maximum absolute atomic E-state index is 13.6. The van der Waals surface area contributed by atoms with Gasteiger partial charge in [0.05, 0.1) is 0 Å². The molecule has 0 aliphatic carbocycles. The first kappa shape index (κ1) is 14.5. The fraction of sp³-hybridized carbons (Fsp3) is 0.625. The Kier molecular flexibility index (Phi) is 4.94. The third-order valence-corrected chi connectivity index (χ3v) is 4.28. The summed E-state index contributed by atoms with van der Waals surface area (Å²) in [5.74, 6) is 0.430. The highest BCUT2D eigenvalue weighted by Crippen LogP contribution is 2.35. The lowest BCUT2D eigenvalue weighted by Crippen LogP contribution is -2.34. The van der Waals surface area contributed by atoms with E-state index in [9.17, 15) is 4.39 Å². The molecule has 0 bridgehead atoms. The van der Waals surface area contributed by atoms with Gasteiger partial charge in [0.25, 0.3) is 0 Å². The van der Waals surface area contributed by atoms with Gasteiger partial charge in [0, 0.05) is 6.04 Å². The van der Waals surface area contributed by atoms with E-state index in [1.165, 1.54) is 24.8 Å². The highest BCUT2D eigenvalue weighted by molar-refractivity contribution is 5.30. The number of halogens is 1. The minimum absolute atomic E-state index is 0.124. The first-order valence-corrected chi connectivity index (χ1v) is 7.24. The fourth-order valence-electron chi connectivity index (χ4n) is 3.32. The molecule has 2 rings (SSSR count). The molecule has 0 saturated carbocycles. The van der Waals surface area contributed by atoms with Gasteiger partial charge in [-0.25, -0.2) is 4.39 Å². The molecule has 1 heterocycles. The number of nitrogens with zero attached hydrogens (tertiary/aromatic N) is 1. The average Bonchev–Trinajstić information content (AvgIpc) is 2.55. The molecule has 1 aromatic carbocycles. The standard InChI is InChI=1S/C16H25FN2/c1-12-7-8-14(17)10-15(12)16-13(11-18-2)6-4-5-9-19(16)3/h7-8,10,13,16,18H,4-6,9,11H2,1-3H3. The van der Waals surface area contributed by atoms with Gasteiger partial charge >= 0.3 is 0 Å². The van der Waals surface area contributed by atoms with Gasteiger partial charge in [0.1, 0.15) is 5.82 Å². The number of benzene rings is 1. The molecule has 1 N–H and O–H groups in total. The van der Waals surface area contributed by atoms with Crippen molar-refractivity contribution >= 4 is 0 Å². The second kappa shape index (κ2) is 6.49. The third-order valence-electron chi connectivity index (χ3n) is 4.28.